The van der Waals surface area contributed by atoms with E-state index in [1.165, 1.54) is 19.8 Å². The Morgan fingerprint density at radius 3 is 2.19 bits per heavy atom. The number of carboxylic acids is 1. The van der Waals surface area contributed by atoms with Crippen molar-refractivity contribution in [1.29, 1.82) is 0 Å². The molecule has 2 amide bonds. The molecule has 0 fully saturated rings. The normalized spacial score (nSPS) is 12.5. The Labute approximate surface area is 247 Å². The lowest BCUT2D eigenvalue weighted by molar-refractivity contribution is -0.138. The van der Waals surface area contributed by atoms with Crippen molar-refractivity contribution < 1.29 is 29.0 Å². The van der Waals surface area contributed by atoms with Crippen LogP contribution in [0.25, 0.3) is 6.08 Å². The van der Waals surface area contributed by atoms with Crippen molar-refractivity contribution in [3.63, 3.8) is 0 Å². The molecule has 0 saturated carbocycles. The molecule has 3 rings (SSSR count). The maximum absolute atomic E-state index is 13.4. The molecule has 0 spiro atoms. The molecule has 3 N–H and O–H groups in total. The standard InChI is InChI=1S/C34H40N2O6/c1-23(2)19-27(34(40)36-29(22-33(38)39)26-15-18-30(41-3)31(20-26)42-4)21-32(37)35-28-16-13-25(14-17-28)12-8-11-24-9-6-5-7-10-24/h5-10,12-18,20,23,27,29H,11,19,21-22H2,1-4H3,(H,35,37)(H,36,40)(H,38,39)/b12-8+/t27?,29-/m0/s1. The van der Waals surface area contributed by atoms with E-state index >= 15 is 0 Å². The highest BCUT2D eigenvalue weighted by atomic mass is 16.5. The van der Waals surface area contributed by atoms with Gasteiger partial charge in [-0.15, -0.1) is 0 Å². The Morgan fingerprint density at radius 2 is 1.57 bits per heavy atom. The molecule has 0 radical (unpaired) electrons. The van der Waals surface area contributed by atoms with Gasteiger partial charge >= 0.3 is 5.97 Å². The van der Waals surface area contributed by atoms with Crippen molar-refractivity contribution in [3.8, 4) is 11.5 Å². The number of carbonyl (C=O) groups is 3. The average Bonchev–Trinajstić information content (AvgIpc) is 2.97. The molecule has 42 heavy (non-hydrogen) atoms. The van der Waals surface area contributed by atoms with Gasteiger partial charge in [0.05, 0.1) is 26.7 Å². The fraction of sp³-hybridized carbons (Fsp3) is 0.324. The quantitative estimate of drug-likeness (QED) is 0.197. The SMILES string of the molecule is COc1ccc([C@H](CC(=O)O)NC(=O)C(CC(=O)Nc2ccc(/C=C/Cc3ccccc3)cc2)CC(C)C)cc1OC. The summed E-state index contributed by atoms with van der Waals surface area (Å²) in [4.78, 5) is 38.0. The van der Waals surface area contributed by atoms with Crippen LogP contribution in [0.2, 0.25) is 0 Å². The Morgan fingerprint density at radius 1 is 0.881 bits per heavy atom. The first-order valence-electron chi connectivity index (χ1n) is 14.0. The highest BCUT2D eigenvalue weighted by molar-refractivity contribution is 5.94. The van der Waals surface area contributed by atoms with Gasteiger partial charge < -0.3 is 25.2 Å². The first kappa shape index (κ1) is 31.9. The third-order valence-electron chi connectivity index (χ3n) is 6.76. The number of carbonyl (C=O) groups excluding carboxylic acids is 2. The lowest BCUT2D eigenvalue weighted by Crippen LogP contribution is -2.37. The Hall–Kier alpha value is -4.59. The molecule has 0 aromatic heterocycles. The van der Waals surface area contributed by atoms with Crippen molar-refractivity contribution in [2.45, 2.75) is 45.6 Å². The van der Waals surface area contributed by atoms with Crippen LogP contribution in [-0.4, -0.2) is 37.1 Å². The van der Waals surface area contributed by atoms with Gasteiger partial charge in [-0.05, 0) is 59.7 Å². The molecule has 3 aromatic rings. The zero-order valence-corrected chi connectivity index (χ0v) is 24.6. The monoisotopic (exact) mass is 572 g/mol. The second-order valence-electron chi connectivity index (χ2n) is 10.6. The maximum atomic E-state index is 13.4. The number of amides is 2. The molecule has 0 bridgehead atoms. The van der Waals surface area contributed by atoms with Gasteiger partial charge in [0.15, 0.2) is 11.5 Å². The summed E-state index contributed by atoms with van der Waals surface area (Å²) in [6.07, 6.45) is 5.07. The van der Waals surface area contributed by atoms with Crippen LogP contribution in [0.5, 0.6) is 11.5 Å². The molecule has 1 unspecified atom stereocenters. The topological polar surface area (TPSA) is 114 Å². The Bertz CT molecular complexity index is 1350. The highest BCUT2D eigenvalue weighted by Crippen LogP contribution is 2.31. The fourth-order valence-electron chi connectivity index (χ4n) is 4.70. The zero-order chi connectivity index (χ0) is 30.5. The maximum Gasteiger partial charge on any atom is 0.305 e. The van der Waals surface area contributed by atoms with Crippen LogP contribution >= 0.6 is 0 Å². The molecule has 222 valence electrons. The molecule has 0 aliphatic carbocycles. The van der Waals surface area contributed by atoms with Gasteiger partial charge in [-0.25, -0.2) is 0 Å². The van der Waals surface area contributed by atoms with Crippen molar-refractivity contribution >= 4 is 29.5 Å². The predicted octanol–water partition coefficient (Wildman–Crippen LogP) is 6.28. The van der Waals surface area contributed by atoms with Gasteiger partial charge in [-0.2, -0.15) is 0 Å². The second kappa shape index (κ2) is 16.0. The second-order valence-corrected chi connectivity index (χ2v) is 10.6. The molecule has 2 atom stereocenters. The van der Waals surface area contributed by atoms with E-state index in [1.807, 2.05) is 62.4 Å². The molecular formula is C34H40N2O6. The third-order valence-corrected chi connectivity index (χ3v) is 6.76. The Balaban J connectivity index is 1.65. The summed E-state index contributed by atoms with van der Waals surface area (Å²) in [6.45, 7) is 3.95. The number of rotatable bonds is 15. The lowest BCUT2D eigenvalue weighted by atomic mass is 9.92. The molecule has 8 nitrogen and oxygen atoms in total. The van der Waals surface area contributed by atoms with E-state index in [0.717, 1.165) is 12.0 Å². The fourth-order valence-corrected chi connectivity index (χ4v) is 4.70. The number of carboxylic acid groups (broad SMARTS) is 1. The first-order chi connectivity index (χ1) is 20.2. The van der Waals surface area contributed by atoms with E-state index in [-0.39, 0.29) is 30.6 Å². The van der Waals surface area contributed by atoms with E-state index in [4.69, 9.17) is 9.47 Å². The smallest absolute Gasteiger partial charge is 0.305 e. The number of aliphatic carboxylic acids is 1. The number of ether oxygens (including phenoxy) is 2. The summed E-state index contributed by atoms with van der Waals surface area (Å²) in [5, 5.41) is 15.3. The van der Waals surface area contributed by atoms with E-state index in [0.29, 0.717) is 29.2 Å². The van der Waals surface area contributed by atoms with Crippen molar-refractivity contribution in [3.05, 3.63) is 95.6 Å². The van der Waals surface area contributed by atoms with Crippen LogP contribution in [0.4, 0.5) is 5.69 Å². The minimum Gasteiger partial charge on any atom is -0.493 e. The molecule has 0 aliphatic heterocycles. The van der Waals surface area contributed by atoms with Crippen molar-refractivity contribution in [1.82, 2.24) is 5.32 Å². The molecular weight excluding hydrogens is 532 g/mol. The van der Waals surface area contributed by atoms with Gasteiger partial charge in [0.2, 0.25) is 11.8 Å². The number of methoxy groups -OCH3 is 2. The van der Waals surface area contributed by atoms with Gasteiger partial charge in [0, 0.05) is 18.0 Å². The number of benzene rings is 3. The largest absolute Gasteiger partial charge is 0.493 e. The minimum atomic E-state index is -1.06. The van der Waals surface area contributed by atoms with Crippen LogP contribution in [0.15, 0.2) is 78.9 Å². The van der Waals surface area contributed by atoms with E-state index in [1.54, 1.807) is 18.2 Å². The van der Waals surface area contributed by atoms with Crippen molar-refractivity contribution in [2.75, 3.05) is 19.5 Å². The van der Waals surface area contributed by atoms with Crippen LogP contribution in [0.1, 0.15) is 55.8 Å². The van der Waals surface area contributed by atoms with Crippen LogP contribution in [0.3, 0.4) is 0 Å². The summed E-state index contributed by atoms with van der Waals surface area (Å²) in [6, 6.07) is 21.9. The van der Waals surface area contributed by atoms with Gasteiger partial charge in [0.1, 0.15) is 0 Å². The third kappa shape index (κ3) is 10.1. The molecule has 0 heterocycles. The van der Waals surface area contributed by atoms with E-state index in [2.05, 4.69) is 28.8 Å². The summed E-state index contributed by atoms with van der Waals surface area (Å²) < 4.78 is 10.6. The summed E-state index contributed by atoms with van der Waals surface area (Å²) >= 11 is 0. The summed E-state index contributed by atoms with van der Waals surface area (Å²) in [7, 11) is 2.99. The summed E-state index contributed by atoms with van der Waals surface area (Å²) in [5.74, 6) is -1.30. The minimum absolute atomic E-state index is 0.0333. The number of allylic oxidation sites excluding steroid dienone is 1. The Kier molecular flexibility index (Phi) is 12.2. The number of hydrogen-bond donors (Lipinski definition) is 3. The average molecular weight is 573 g/mol. The number of hydrogen-bond acceptors (Lipinski definition) is 5. The van der Waals surface area contributed by atoms with Gasteiger partial charge in [-0.1, -0.05) is 74.5 Å². The van der Waals surface area contributed by atoms with Crippen LogP contribution in [-0.2, 0) is 20.8 Å². The molecule has 3 aromatic carbocycles. The van der Waals surface area contributed by atoms with Gasteiger partial charge in [-0.3, -0.25) is 14.4 Å². The van der Waals surface area contributed by atoms with Gasteiger partial charge in [0.25, 0.3) is 0 Å². The lowest BCUT2D eigenvalue weighted by Gasteiger charge is -2.24. The zero-order valence-electron chi connectivity index (χ0n) is 24.6. The summed E-state index contributed by atoms with van der Waals surface area (Å²) in [5.41, 5.74) is 3.45. The number of anilines is 1. The highest BCUT2D eigenvalue weighted by Gasteiger charge is 2.27. The molecule has 8 heteroatoms. The number of nitrogens with one attached hydrogen (secondary N) is 2. The van der Waals surface area contributed by atoms with E-state index in [9.17, 15) is 19.5 Å². The molecule has 0 saturated heterocycles. The van der Waals surface area contributed by atoms with Crippen LogP contribution in [0, 0.1) is 11.8 Å². The van der Waals surface area contributed by atoms with Crippen molar-refractivity contribution in [2.24, 2.45) is 11.8 Å². The van der Waals surface area contributed by atoms with Crippen LogP contribution < -0.4 is 20.1 Å². The van der Waals surface area contributed by atoms with E-state index < -0.39 is 17.9 Å². The predicted molar refractivity (Wildman–Crippen MR) is 164 cm³/mol. The first-order valence-corrected chi connectivity index (χ1v) is 14.0. The molecule has 0 aliphatic rings.